The van der Waals surface area contributed by atoms with Gasteiger partial charge in [0.1, 0.15) is 0 Å². The van der Waals surface area contributed by atoms with Crippen LogP contribution < -0.4 is 0 Å². The second-order valence-corrected chi connectivity index (χ2v) is 10.0. The third-order valence-electron chi connectivity index (χ3n) is 7.03. The van der Waals surface area contributed by atoms with Crippen molar-refractivity contribution >= 4 is 0 Å². The van der Waals surface area contributed by atoms with Crippen molar-refractivity contribution in [2.75, 3.05) is 0 Å². The van der Waals surface area contributed by atoms with Gasteiger partial charge in [0.25, 0.3) is 0 Å². The quantitative estimate of drug-likeness (QED) is 0.762. The van der Waals surface area contributed by atoms with E-state index in [0.717, 1.165) is 38.5 Å². The molecule has 0 saturated heterocycles. The third kappa shape index (κ3) is 4.31. The van der Waals surface area contributed by atoms with Crippen LogP contribution in [0.5, 0.6) is 0 Å². The molecule has 2 aliphatic rings. The van der Waals surface area contributed by atoms with Crippen molar-refractivity contribution in [2.45, 2.75) is 98.2 Å². The Kier molecular flexibility index (Phi) is 5.89. The summed E-state index contributed by atoms with van der Waals surface area (Å²) in [5.41, 5.74) is -0.450. The number of hydrogen-bond donors (Lipinski definition) is 2. The Morgan fingerprint density at radius 3 is 2.17 bits per heavy atom. The van der Waals surface area contributed by atoms with Crippen LogP contribution in [0.25, 0.3) is 0 Å². The highest BCUT2D eigenvalue weighted by atomic mass is 16.3. The predicted octanol–water partition coefficient (Wildman–Crippen LogP) is 5.02. The Morgan fingerprint density at radius 2 is 1.65 bits per heavy atom. The average molecular weight is 325 g/mol. The van der Waals surface area contributed by atoms with E-state index < -0.39 is 5.60 Å². The van der Waals surface area contributed by atoms with Gasteiger partial charge < -0.3 is 10.2 Å². The Hall–Kier alpha value is -0.0800. The Bertz CT molecular complexity index is 391. The molecule has 0 aromatic carbocycles. The van der Waals surface area contributed by atoms with Crippen LogP contribution in [0, 0.1) is 35.0 Å². The van der Waals surface area contributed by atoms with Gasteiger partial charge in [-0.2, -0.15) is 0 Å². The second kappa shape index (κ2) is 7.04. The van der Waals surface area contributed by atoms with E-state index in [4.69, 9.17) is 0 Å². The zero-order valence-electron chi connectivity index (χ0n) is 16.3. The first-order valence-corrected chi connectivity index (χ1v) is 9.97. The summed E-state index contributed by atoms with van der Waals surface area (Å²) in [5, 5.41) is 22.2. The summed E-state index contributed by atoms with van der Waals surface area (Å²) in [6, 6.07) is 0. The molecule has 136 valence electrons. The summed E-state index contributed by atoms with van der Waals surface area (Å²) in [4.78, 5) is 0. The Balaban J connectivity index is 2.12. The highest BCUT2D eigenvalue weighted by Crippen LogP contribution is 2.52. The SMILES string of the molecule is CC1CCC(C(C)C)C(O)(C[C@]2(C)CC[C@@H](C(C)C)[C@H](O)C2)C1. The number of hydrogen-bond acceptors (Lipinski definition) is 2. The Labute approximate surface area is 144 Å². The van der Waals surface area contributed by atoms with Gasteiger partial charge in [-0.3, -0.25) is 0 Å². The highest BCUT2D eigenvalue weighted by Gasteiger charge is 2.48. The molecule has 6 atom stereocenters. The fraction of sp³-hybridized carbons (Fsp3) is 1.00. The molecule has 23 heavy (non-hydrogen) atoms. The molecule has 3 unspecified atom stereocenters. The van der Waals surface area contributed by atoms with E-state index in [1.54, 1.807) is 0 Å². The van der Waals surface area contributed by atoms with Gasteiger partial charge in [-0.05, 0) is 73.5 Å². The fourth-order valence-corrected chi connectivity index (χ4v) is 5.89. The van der Waals surface area contributed by atoms with Gasteiger partial charge >= 0.3 is 0 Å². The monoisotopic (exact) mass is 324 g/mol. The summed E-state index contributed by atoms with van der Waals surface area (Å²) >= 11 is 0. The van der Waals surface area contributed by atoms with Crippen molar-refractivity contribution < 1.29 is 10.2 Å². The van der Waals surface area contributed by atoms with Crippen LogP contribution in [-0.2, 0) is 0 Å². The zero-order valence-corrected chi connectivity index (χ0v) is 16.3. The highest BCUT2D eigenvalue weighted by molar-refractivity contribution is 5.00. The van der Waals surface area contributed by atoms with Crippen molar-refractivity contribution in [3.05, 3.63) is 0 Å². The van der Waals surface area contributed by atoms with E-state index in [9.17, 15) is 10.2 Å². The molecule has 0 aliphatic heterocycles. The first-order valence-electron chi connectivity index (χ1n) is 9.97. The fourth-order valence-electron chi connectivity index (χ4n) is 5.89. The summed E-state index contributed by atoms with van der Waals surface area (Å²) in [6.45, 7) is 13.6. The zero-order chi connectivity index (χ0) is 17.4. The predicted molar refractivity (Wildman–Crippen MR) is 97.2 cm³/mol. The standard InChI is InChI=1S/C21H40O2/c1-14(2)17-9-10-20(6,12-19(17)22)13-21(23)11-16(5)7-8-18(21)15(3)4/h14-19,22-23H,7-13H2,1-6H3/t16?,17-,18?,19+,20+,21?/m0/s1. The first kappa shape index (κ1) is 19.2. The van der Waals surface area contributed by atoms with Crippen LogP contribution in [0.2, 0.25) is 0 Å². The van der Waals surface area contributed by atoms with E-state index in [2.05, 4.69) is 41.5 Å². The maximum absolute atomic E-state index is 11.6. The van der Waals surface area contributed by atoms with Gasteiger partial charge in [-0.15, -0.1) is 0 Å². The third-order valence-corrected chi connectivity index (χ3v) is 7.03. The lowest BCUT2D eigenvalue weighted by Gasteiger charge is -2.51. The minimum Gasteiger partial charge on any atom is -0.393 e. The molecule has 0 aromatic heterocycles. The molecule has 2 rings (SSSR count). The molecule has 0 spiro atoms. The van der Waals surface area contributed by atoms with Gasteiger partial charge in [0.2, 0.25) is 0 Å². The number of aliphatic hydroxyl groups excluding tert-OH is 1. The molecular weight excluding hydrogens is 284 g/mol. The molecule has 2 N–H and O–H groups in total. The molecule has 0 bridgehead atoms. The van der Waals surface area contributed by atoms with E-state index in [1.807, 2.05) is 0 Å². The summed E-state index contributed by atoms with van der Waals surface area (Å²) in [6.07, 6.45) is 7.13. The average Bonchev–Trinajstić information content (AvgIpc) is 2.35. The lowest BCUT2D eigenvalue weighted by molar-refractivity contribution is -0.124. The Morgan fingerprint density at radius 1 is 1.00 bits per heavy atom. The number of aliphatic hydroxyl groups is 2. The van der Waals surface area contributed by atoms with Crippen LogP contribution >= 0.6 is 0 Å². The van der Waals surface area contributed by atoms with Gasteiger partial charge in [0.05, 0.1) is 11.7 Å². The van der Waals surface area contributed by atoms with Crippen LogP contribution in [0.1, 0.15) is 86.5 Å². The van der Waals surface area contributed by atoms with Crippen molar-refractivity contribution in [1.82, 2.24) is 0 Å². The van der Waals surface area contributed by atoms with E-state index in [1.165, 1.54) is 6.42 Å². The van der Waals surface area contributed by atoms with Gasteiger partial charge in [-0.25, -0.2) is 0 Å². The summed E-state index contributed by atoms with van der Waals surface area (Å²) in [7, 11) is 0. The smallest absolute Gasteiger partial charge is 0.0686 e. The molecule has 2 nitrogen and oxygen atoms in total. The van der Waals surface area contributed by atoms with E-state index in [-0.39, 0.29) is 11.5 Å². The van der Waals surface area contributed by atoms with Crippen LogP contribution in [-0.4, -0.2) is 21.9 Å². The van der Waals surface area contributed by atoms with Crippen molar-refractivity contribution in [3.8, 4) is 0 Å². The van der Waals surface area contributed by atoms with Gasteiger partial charge in [-0.1, -0.05) is 48.0 Å². The minimum atomic E-state index is -0.537. The molecule has 2 aliphatic carbocycles. The topological polar surface area (TPSA) is 40.5 Å². The summed E-state index contributed by atoms with van der Waals surface area (Å²) < 4.78 is 0. The van der Waals surface area contributed by atoms with Crippen molar-refractivity contribution in [1.29, 1.82) is 0 Å². The molecule has 0 heterocycles. The maximum atomic E-state index is 11.6. The molecule has 0 radical (unpaired) electrons. The van der Waals surface area contributed by atoms with Crippen LogP contribution in [0.4, 0.5) is 0 Å². The largest absolute Gasteiger partial charge is 0.393 e. The molecule has 2 saturated carbocycles. The second-order valence-electron chi connectivity index (χ2n) is 10.0. The minimum absolute atomic E-state index is 0.0871. The molecule has 0 amide bonds. The lowest BCUT2D eigenvalue weighted by Crippen LogP contribution is -2.50. The van der Waals surface area contributed by atoms with Crippen LogP contribution in [0.15, 0.2) is 0 Å². The van der Waals surface area contributed by atoms with Crippen molar-refractivity contribution in [3.63, 3.8) is 0 Å². The summed E-state index contributed by atoms with van der Waals surface area (Å²) in [5.74, 6) is 2.55. The van der Waals surface area contributed by atoms with E-state index in [0.29, 0.717) is 29.6 Å². The number of rotatable bonds is 4. The van der Waals surface area contributed by atoms with Gasteiger partial charge in [0.15, 0.2) is 0 Å². The molecule has 0 aromatic rings. The first-order chi connectivity index (χ1) is 10.6. The van der Waals surface area contributed by atoms with E-state index >= 15 is 0 Å². The molecule has 2 heteroatoms. The van der Waals surface area contributed by atoms with Crippen LogP contribution in [0.3, 0.4) is 0 Å². The lowest BCUT2D eigenvalue weighted by atomic mass is 9.57. The van der Waals surface area contributed by atoms with Gasteiger partial charge in [0, 0.05) is 0 Å². The normalized spacial score (nSPS) is 45.7. The maximum Gasteiger partial charge on any atom is 0.0686 e. The molecule has 2 fully saturated rings. The molecular formula is C21H40O2. The van der Waals surface area contributed by atoms with Crippen molar-refractivity contribution in [2.24, 2.45) is 35.0 Å².